The Balaban J connectivity index is 1.45. The smallest absolute Gasteiger partial charge is 0.228 e. The summed E-state index contributed by atoms with van der Waals surface area (Å²) in [4.78, 5) is 28.2. The molecule has 10 heteroatoms. The molecule has 6 rings (SSSR count). The highest BCUT2D eigenvalue weighted by Crippen LogP contribution is 2.36. The molecule has 37 heavy (non-hydrogen) atoms. The van der Waals surface area contributed by atoms with Crippen molar-refractivity contribution in [3.05, 3.63) is 65.1 Å². The van der Waals surface area contributed by atoms with Crippen molar-refractivity contribution in [3.63, 3.8) is 0 Å². The van der Waals surface area contributed by atoms with Gasteiger partial charge in [-0.25, -0.2) is 18.7 Å². The van der Waals surface area contributed by atoms with Crippen LogP contribution in [0, 0.1) is 18.6 Å². The van der Waals surface area contributed by atoms with Gasteiger partial charge >= 0.3 is 0 Å². The third kappa shape index (κ3) is 4.46. The molecule has 0 N–H and O–H groups in total. The first-order chi connectivity index (χ1) is 17.8. The third-order valence-electron chi connectivity index (χ3n) is 6.89. The van der Waals surface area contributed by atoms with E-state index in [9.17, 15) is 13.6 Å². The molecule has 0 spiro atoms. The Morgan fingerprint density at radius 3 is 2.65 bits per heavy atom. The molecule has 1 aliphatic heterocycles. The number of aryl methyl sites for hydroxylation is 1. The molecule has 3 aromatic heterocycles. The van der Waals surface area contributed by atoms with E-state index in [0.717, 1.165) is 24.5 Å². The summed E-state index contributed by atoms with van der Waals surface area (Å²) in [6, 6.07) is 5.46. The monoisotopic (exact) mass is 504 g/mol. The molecule has 2 aliphatic rings. The van der Waals surface area contributed by atoms with E-state index in [1.165, 1.54) is 19.1 Å². The zero-order chi connectivity index (χ0) is 25.8. The van der Waals surface area contributed by atoms with Crippen LogP contribution in [0.3, 0.4) is 0 Å². The van der Waals surface area contributed by atoms with E-state index in [4.69, 9.17) is 14.7 Å². The number of morpholine rings is 1. The second-order valence-corrected chi connectivity index (χ2v) is 9.87. The van der Waals surface area contributed by atoms with Gasteiger partial charge in [0.05, 0.1) is 36.3 Å². The topological polar surface area (TPSA) is 86.0 Å². The van der Waals surface area contributed by atoms with Gasteiger partial charge in [-0.2, -0.15) is 10.1 Å². The van der Waals surface area contributed by atoms with Crippen LogP contribution in [0.15, 0.2) is 36.7 Å². The third-order valence-corrected chi connectivity index (χ3v) is 6.89. The first kappa shape index (κ1) is 23.6. The van der Waals surface area contributed by atoms with Crippen LogP contribution in [-0.2, 0) is 4.74 Å². The Morgan fingerprint density at radius 2 is 1.92 bits per heavy atom. The maximum Gasteiger partial charge on any atom is 0.228 e. The number of halogens is 2. The van der Waals surface area contributed by atoms with Crippen LogP contribution >= 0.6 is 0 Å². The van der Waals surface area contributed by atoms with Gasteiger partial charge in [0.2, 0.25) is 5.95 Å². The summed E-state index contributed by atoms with van der Waals surface area (Å²) in [7, 11) is 0. The predicted octanol–water partition coefficient (Wildman–Crippen LogP) is 4.98. The van der Waals surface area contributed by atoms with Crippen molar-refractivity contribution >= 4 is 22.8 Å². The number of ether oxygens (including phenoxy) is 1. The van der Waals surface area contributed by atoms with Gasteiger partial charge < -0.3 is 9.64 Å². The molecule has 8 nitrogen and oxygen atoms in total. The van der Waals surface area contributed by atoms with Gasteiger partial charge in [0, 0.05) is 40.9 Å². The Labute approximate surface area is 212 Å². The van der Waals surface area contributed by atoms with Crippen molar-refractivity contribution in [3.8, 4) is 11.3 Å². The second kappa shape index (κ2) is 8.95. The van der Waals surface area contributed by atoms with Gasteiger partial charge in [0.25, 0.3) is 0 Å². The van der Waals surface area contributed by atoms with Crippen LogP contribution in [0.2, 0.25) is 0 Å². The highest BCUT2D eigenvalue weighted by atomic mass is 19.1. The van der Waals surface area contributed by atoms with Crippen LogP contribution < -0.4 is 4.90 Å². The molecule has 1 aromatic carbocycles. The van der Waals surface area contributed by atoms with E-state index in [-0.39, 0.29) is 29.2 Å². The number of fused-ring (bicyclic) bond motifs is 1. The molecule has 0 bridgehead atoms. The van der Waals surface area contributed by atoms with E-state index in [1.54, 1.807) is 13.0 Å². The molecule has 4 heterocycles. The second-order valence-electron chi connectivity index (χ2n) is 9.87. The van der Waals surface area contributed by atoms with Crippen molar-refractivity contribution in [2.75, 3.05) is 18.0 Å². The fourth-order valence-electron chi connectivity index (χ4n) is 4.87. The van der Waals surface area contributed by atoms with Crippen LogP contribution in [0.1, 0.15) is 60.5 Å². The maximum absolute atomic E-state index is 15.0. The SMILES string of the molecule is CC(=O)c1cc2c(-c3ccc(F)cc3F)nc(N3C[C@@H](C)O[C@@H](c4cnn(C5CC5)c4)C3)nc2nc1C. The number of aromatic nitrogens is 5. The highest BCUT2D eigenvalue weighted by molar-refractivity contribution is 6.01. The van der Waals surface area contributed by atoms with Crippen molar-refractivity contribution in [1.82, 2.24) is 24.7 Å². The number of ketones is 1. The number of Topliss-reactive ketones (excluding diaryl/α,β-unsaturated/α-hetero) is 1. The molecule has 0 radical (unpaired) electrons. The zero-order valence-corrected chi connectivity index (χ0v) is 20.8. The molecule has 0 unspecified atom stereocenters. The Bertz CT molecular complexity index is 1530. The number of hydrogen-bond donors (Lipinski definition) is 0. The van der Waals surface area contributed by atoms with Gasteiger partial charge in [0.1, 0.15) is 17.7 Å². The lowest BCUT2D eigenvalue weighted by atomic mass is 10.0. The summed E-state index contributed by atoms with van der Waals surface area (Å²) in [5.41, 5.74) is 2.61. The van der Waals surface area contributed by atoms with Gasteiger partial charge in [0.15, 0.2) is 11.4 Å². The number of carbonyl (C=O) groups excluding carboxylic acids is 1. The highest BCUT2D eigenvalue weighted by Gasteiger charge is 2.32. The average molecular weight is 505 g/mol. The van der Waals surface area contributed by atoms with E-state index in [1.807, 2.05) is 28.9 Å². The standard InChI is InChI=1S/C27H26F2N6O2/c1-14-11-34(13-24(37-14)17-10-30-35(12-17)19-5-6-19)27-32-25(20-7-4-18(28)8-23(20)29)22-9-21(16(3)36)15(2)31-26(22)33-27/h4,7-10,12,14,19,24H,5-6,11,13H2,1-3H3/t14-,24-/m1/s1. The van der Waals surface area contributed by atoms with Crippen molar-refractivity contribution in [2.45, 2.75) is 51.9 Å². The number of rotatable bonds is 5. The van der Waals surface area contributed by atoms with E-state index in [2.05, 4.69) is 10.1 Å². The van der Waals surface area contributed by atoms with Crippen molar-refractivity contribution in [2.24, 2.45) is 0 Å². The predicted molar refractivity (Wildman–Crippen MR) is 133 cm³/mol. The van der Waals surface area contributed by atoms with Crippen LogP contribution in [0.4, 0.5) is 14.7 Å². The number of anilines is 1. The minimum atomic E-state index is -0.753. The van der Waals surface area contributed by atoms with Gasteiger partial charge in [-0.3, -0.25) is 9.48 Å². The normalized spacial score (nSPS) is 20.0. The number of benzene rings is 1. The molecule has 1 aliphatic carbocycles. The fraction of sp³-hybridized carbons (Fsp3) is 0.370. The molecule has 2 atom stereocenters. The van der Waals surface area contributed by atoms with Crippen LogP contribution in [0.5, 0.6) is 0 Å². The molecule has 190 valence electrons. The van der Waals surface area contributed by atoms with Crippen molar-refractivity contribution < 1.29 is 18.3 Å². The average Bonchev–Trinajstić information content (AvgIpc) is 3.58. The lowest BCUT2D eigenvalue weighted by Gasteiger charge is -2.36. The maximum atomic E-state index is 15.0. The molecule has 1 saturated carbocycles. The van der Waals surface area contributed by atoms with Crippen LogP contribution in [0.25, 0.3) is 22.3 Å². The Morgan fingerprint density at radius 1 is 1.11 bits per heavy atom. The summed E-state index contributed by atoms with van der Waals surface area (Å²) in [6.07, 6.45) is 5.79. The molecule has 0 amide bonds. The first-order valence-corrected chi connectivity index (χ1v) is 12.4. The summed E-state index contributed by atoms with van der Waals surface area (Å²) < 4.78 is 36.9. The number of hydrogen-bond acceptors (Lipinski definition) is 7. The van der Waals surface area contributed by atoms with Gasteiger partial charge in [-0.1, -0.05) is 0 Å². The molecule has 4 aromatic rings. The molecular weight excluding hydrogens is 478 g/mol. The summed E-state index contributed by atoms with van der Waals surface area (Å²) >= 11 is 0. The molecular formula is C27H26F2N6O2. The lowest BCUT2D eigenvalue weighted by Crippen LogP contribution is -2.43. The van der Waals surface area contributed by atoms with Crippen LogP contribution in [-0.4, -0.2) is 49.7 Å². The molecule has 1 saturated heterocycles. The minimum Gasteiger partial charge on any atom is -0.367 e. The zero-order valence-electron chi connectivity index (χ0n) is 20.8. The largest absolute Gasteiger partial charge is 0.367 e. The lowest BCUT2D eigenvalue weighted by molar-refractivity contribution is -0.0178. The number of carbonyl (C=O) groups is 1. The van der Waals surface area contributed by atoms with Gasteiger partial charge in [-0.05, 0) is 51.8 Å². The first-order valence-electron chi connectivity index (χ1n) is 12.4. The Hall–Kier alpha value is -3.79. The summed E-state index contributed by atoms with van der Waals surface area (Å²) in [6.45, 7) is 6.16. The van der Waals surface area contributed by atoms with Crippen molar-refractivity contribution in [1.29, 1.82) is 0 Å². The number of nitrogens with zero attached hydrogens (tertiary/aromatic N) is 6. The fourth-order valence-corrected chi connectivity index (χ4v) is 4.87. The van der Waals surface area contributed by atoms with E-state index >= 15 is 0 Å². The van der Waals surface area contributed by atoms with E-state index < -0.39 is 11.6 Å². The van der Waals surface area contributed by atoms with Gasteiger partial charge in [-0.15, -0.1) is 0 Å². The summed E-state index contributed by atoms with van der Waals surface area (Å²) in [5.74, 6) is -1.24. The quantitative estimate of drug-likeness (QED) is 0.355. The molecule has 2 fully saturated rings. The number of pyridine rings is 1. The minimum absolute atomic E-state index is 0.110. The van der Waals surface area contributed by atoms with E-state index in [0.29, 0.717) is 47.4 Å². The Kier molecular flexibility index (Phi) is 5.71. The summed E-state index contributed by atoms with van der Waals surface area (Å²) in [5, 5.41) is 4.92.